The van der Waals surface area contributed by atoms with Crippen LogP contribution >= 0.6 is 11.3 Å². The van der Waals surface area contributed by atoms with Crippen molar-refractivity contribution in [3.63, 3.8) is 0 Å². The highest BCUT2D eigenvalue weighted by Gasteiger charge is 2.22. The second-order valence-corrected chi connectivity index (χ2v) is 17.4. The fourth-order valence-electron chi connectivity index (χ4n) is 9.87. The van der Waals surface area contributed by atoms with Crippen molar-refractivity contribution in [3.8, 4) is 39.9 Å². The molecule has 6 heteroatoms. The summed E-state index contributed by atoms with van der Waals surface area (Å²) >= 11 is 1.80. The lowest BCUT2D eigenvalue weighted by atomic mass is 10.00. The van der Waals surface area contributed by atoms with E-state index in [4.69, 9.17) is 19.4 Å². The van der Waals surface area contributed by atoms with Crippen molar-refractivity contribution in [2.24, 2.45) is 0 Å². The first-order valence-corrected chi connectivity index (χ1v) is 22.0. The number of aromatic nitrogens is 4. The third-order valence-corrected chi connectivity index (χ3v) is 13.9. The average Bonchev–Trinajstić information content (AvgIpc) is 4.02. The number of rotatable bonds is 4. The summed E-state index contributed by atoms with van der Waals surface area (Å²) in [5.41, 5.74) is 7.86. The number of thiophene rings is 1. The molecule has 0 aliphatic heterocycles. The van der Waals surface area contributed by atoms with Gasteiger partial charge in [0, 0.05) is 58.4 Å². The van der Waals surface area contributed by atoms with Gasteiger partial charge >= 0.3 is 0 Å². The normalized spacial score (nSPS) is 12.1. The molecule has 14 aromatic rings. The van der Waals surface area contributed by atoms with Gasteiger partial charge in [-0.2, -0.15) is 0 Å². The first-order chi connectivity index (χ1) is 31.2. The van der Waals surface area contributed by atoms with Crippen LogP contribution in [0.25, 0.3) is 136 Å². The summed E-state index contributed by atoms with van der Waals surface area (Å²) in [7, 11) is 0. The fraction of sp³-hybridized carbons (Fsp3) is 0. The molecule has 5 nitrogen and oxygen atoms in total. The van der Waals surface area contributed by atoms with Crippen molar-refractivity contribution in [3.05, 3.63) is 194 Å². The molecule has 10 aromatic carbocycles. The van der Waals surface area contributed by atoms with E-state index in [2.05, 4.69) is 180 Å². The highest BCUT2D eigenvalue weighted by atomic mass is 32.1. The molecule has 292 valence electrons. The molecule has 0 saturated heterocycles. The second-order valence-electron chi connectivity index (χ2n) is 16.3. The van der Waals surface area contributed by atoms with Crippen LogP contribution in [0.3, 0.4) is 0 Å². The maximum absolute atomic E-state index is 6.78. The van der Waals surface area contributed by atoms with E-state index in [0.29, 0.717) is 17.5 Å². The third-order valence-electron chi connectivity index (χ3n) is 12.8. The van der Waals surface area contributed by atoms with E-state index < -0.39 is 0 Å². The lowest BCUT2D eigenvalue weighted by Gasteiger charge is -2.12. The van der Waals surface area contributed by atoms with Crippen molar-refractivity contribution in [2.45, 2.75) is 0 Å². The Balaban J connectivity index is 1.03. The Morgan fingerprint density at radius 2 is 0.984 bits per heavy atom. The first-order valence-electron chi connectivity index (χ1n) is 21.2. The van der Waals surface area contributed by atoms with E-state index >= 15 is 0 Å². The van der Waals surface area contributed by atoms with Crippen LogP contribution in [-0.2, 0) is 0 Å². The predicted octanol–water partition coefficient (Wildman–Crippen LogP) is 15.7. The van der Waals surface area contributed by atoms with Crippen LogP contribution < -0.4 is 0 Å². The van der Waals surface area contributed by atoms with Crippen molar-refractivity contribution >= 4 is 108 Å². The Bertz CT molecular complexity index is 4220. The minimum atomic E-state index is 0.614. The molecular weight excluding hydrogens is 789 g/mol. The lowest BCUT2D eigenvalue weighted by molar-refractivity contribution is 0.669. The molecule has 0 bridgehead atoms. The van der Waals surface area contributed by atoms with E-state index in [1.165, 1.54) is 58.0 Å². The van der Waals surface area contributed by atoms with Crippen molar-refractivity contribution in [1.29, 1.82) is 0 Å². The topological polar surface area (TPSA) is 56.7 Å². The molecule has 0 fully saturated rings. The predicted molar refractivity (Wildman–Crippen MR) is 263 cm³/mol. The van der Waals surface area contributed by atoms with Crippen LogP contribution in [0.1, 0.15) is 0 Å². The Morgan fingerprint density at radius 1 is 0.365 bits per heavy atom. The lowest BCUT2D eigenvalue weighted by Crippen LogP contribution is -2.00. The summed E-state index contributed by atoms with van der Waals surface area (Å²) < 4.78 is 11.7. The summed E-state index contributed by atoms with van der Waals surface area (Å²) in [5.74, 6) is 1.88. The summed E-state index contributed by atoms with van der Waals surface area (Å²) in [4.78, 5) is 15.5. The molecule has 0 aliphatic carbocycles. The molecule has 0 radical (unpaired) electrons. The summed E-state index contributed by atoms with van der Waals surface area (Å²) in [6.07, 6.45) is 0. The van der Waals surface area contributed by atoms with Gasteiger partial charge in [-0.05, 0) is 75.5 Å². The van der Waals surface area contributed by atoms with Gasteiger partial charge in [0.1, 0.15) is 11.2 Å². The van der Waals surface area contributed by atoms with Gasteiger partial charge in [-0.3, -0.25) is 0 Å². The quantitative estimate of drug-likeness (QED) is 0.177. The zero-order chi connectivity index (χ0) is 41.2. The van der Waals surface area contributed by atoms with Crippen LogP contribution in [0.15, 0.2) is 199 Å². The van der Waals surface area contributed by atoms with E-state index in [1.807, 2.05) is 18.2 Å². The SMILES string of the molecule is c1ccc(-c2nc(-c3ccc4c(c3)sc3ccccc34)nc(-c3ccc4ccc5oc6cccc(-n7c8cc9ccccc9cc8c8ccc9ccccc9c87)c6c5c4c3)n2)cc1. The van der Waals surface area contributed by atoms with Gasteiger partial charge in [0.15, 0.2) is 17.5 Å². The van der Waals surface area contributed by atoms with Gasteiger partial charge in [-0.15, -0.1) is 11.3 Å². The van der Waals surface area contributed by atoms with Crippen LogP contribution in [0.2, 0.25) is 0 Å². The van der Waals surface area contributed by atoms with Crippen LogP contribution in [0, 0.1) is 0 Å². The molecule has 0 N–H and O–H groups in total. The average molecular weight is 821 g/mol. The Labute approximate surface area is 363 Å². The van der Waals surface area contributed by atoms with Gasteiger partial charge in [0.2, 0.25) is 0 Å². The highest BCUT2D eigenvalue weighted by Crippen LogP contribution is 2.44. The van der Waals surface area contributed by atoms with E-state index in [-0.39, 0.29) is 0 Å². The molecule has 63 heavy (non-hydrogen) atoms. The van der Waals surface area contributed by atoms with E-state index in [1.54, 1.807) is 11.3 Å². The third kappa shape index (κ3) is 5.19. The number of fused-ring (bicyclic) bond motifs is 14. The van der Waals surface area contributed by atoms with E-state index in [0.717, 1.165) is 60.6 Å². The smallest absolute Gasteiger partial charge is 0.164 e. The summed E-state index contributed by atoms with van der Waals surface area (Å²) in [5, 5.41) is 14.1. The van der Waals surface area contributed by atoms with Gasteiger partial charge in [0.25, 0.3) is 0 Å². The van der Waals surface area contributed by atoms with Gasteiger partial charge in [-0.1, -0.05) is 146 Å². The van der Waals surface area contributed by atoms with Crippen molar-refractivity contribution in [2.75, 3.05) is 0 Å². The second kappa shape index (κ2) is 13.2. The minimum Gasteiger partial charge on any atom is -0.456 e. The molecule has 0 aliphatic rings. The van der Waals surface area contributed by atoms with Crippen LogP contribution in [0.5, 0.6) is 0 Å². The molecule has 0 unspecified atom stereocenters. The van der Waals surface area contributed by atoms with Crippen molar-refractivity contribution in [1.82, 2.24) is 19.5 Å². The molecule has 4 aromatic heterocycles. The van der Waals surface area contributed by atoms with Crippen molar-refractivity contribution < 1.29 is 4.42 Å². The monoisotopic (exact) mass is 820 g/mol. The molecule has 4 heterocycles. The standard InChI is InChI=1S/C57H32N4OS/c1-2-12-35(13-3-1)55-58-56(60-57(59-55)39-24-26-42-41-17-8-9-20-50(41)63-51(42)32-39)38-22-21-34-25-28-49-52(44(34)30-38)53-46(18-10-19-48(53)62-49)61-47-31-37-15-5-4-14-36(37)29-45(47)43-27-23-33-11-6-7-16-40(33)54(43)61/h1-32H. The Kier molecular flexibility index (Phi) is 7.21. The largest absolute Gasteiger partial charge is 0.456 e. The van der Waals surface area contributed by atoms with Gasteiger partial charge < -0.3 is 8.98 Å². The number of furan rings is 1. The van der Waals surface area contributed by atoms with Crippen LogP contribution in [0.4, 0.5) is 0 Å². The van der Waals surface area contributed by atoms with Gasteiger partial charge in [0.05, 0.1) is 22.1 Å². The Morgan fingerprint density at radius 3 is 1.84 bits per heavy atom. The van der Waals surface area contributed by atoms with Crippen LogP contribution in [-0.4, -0.2) is 19.5 Å². The summed E-state index contributed by atoms with van der Waals surface area (Å²) in [6.45, 7) is 0. The number of hydrogen-bond donors (Lipinski definition) is 0. The first kappa shape index (κ1) is 34.5. The minimum absolute atomic E-state index is 0.614. The Hall–Kier alpha value is -8.19. The van der Waals surface area contributed by atoms with E-state index in [9.17, 15) is 0 Å². The molecule has 14 rings (SSSR count). The van der Waals surface area contributed by atoms with Gasteiger partial charge in [-0.25, -0.2) is 15.0 Å². The molecule has 0 amide bonds. The zero-order valence-corrected chi connectivity index (χ0v) is 34.4. The summed E-state index contributed by atoms with van der Waals surface area (Å²) in [6, 6.07) is 69.2. The number of nitrogens with zero attached hydrogens (tertiary/aromatic N) is 4. The molecule has 0 atom stereocenters. The molecular formula is C57H32N4OS. The molecule has 0 spiro atoms. The maximum atomic E-state index is 6.78. The zero-order valence-electron chi connectivity index (χ0n) is 33.6. The highest BCUT2D eigenvalue weighted by molar-refractivity contribution is 7.25. The fourth-order valence-corrected chi connectivity index (χ4v) is 11.0. The number of hydrogen-bond acceptors (Lipinski definition) is 5. The number of benzene rings is 10. The molecule has 0 saturated carbocycles. The maximum Gasteiger partial charge on any atom is 0.164 e.